The number of benzene rings is 1. The first-order valence-corrected chi connectivity index (χ1v) is 6.86. The summed E-state index contributed by atoms with van der Waals surface area (Å²) >= 11 is 3.57. The number of nitrogens with one attached hydrogen (secondary N) is 1. The second-order valence-corrected chi connectivity index (χ2v) is 5.78. The van der Waals surface area contributed by atoms with E-state index in [0.717, 1.165) is 22.4 Å². The molecule has 0 radical (unpaired) electrons. The standard InChI is InChI=1S/C14H16BrNO/c1-8-5-11-9(2)13(7-16-10-3-4-10)17-14(11)12(15)6-8/h5-6,10,16H,3-4,7H2,1-2H3. The van der Waals surface area contributed by atoms with Crippen molar-refractivity contribution in [2.45, 2.75) is 39.3 Å². The Kier molecular flexibility index (Phi) is 2.75. The van der Waals surface area contributed by atoms with Gasteiger partial charge in [0.15, 0.2) is 0 Å². The van der Waals surface area contributed by atoms with E-state index in [1.165, 1.54) is 29.4 Å². The van der Waals surface area contributed by atoms with Gasteiger partial charge < -0.3 is 9.73 Å². The molecule has 0 atom stereocenters. The lowest BCUT2D eigenvalue weighted by atomic mass is 10.1. The number of fused-ring (bicyclic) bond motifs is 1. The molecule has 0 amide bonds. The van der Waals surface area contributed by atoms with Crippen LogP contribution < -0.4 is 5.32 Å². The Morgan fingerprint density at radius 3 is 2.82 bits per heavy atom. The minimum atomic E-state index is 0.716. The summed E-state index contributed by atoms with van der Waals surface area (Å²) in [5.41, 5.74) is 3.49. The summed E-state index contributed by atoms with van der Waals surface area (Å²) in [6.45, 7) is 5.09. The molecule has 1 aromatic carbocycles. The molecule has 3 heteroatoms. The van der Waals surface area contributed by atoms with Gasteiger partial charge in [-0.25, -0.2) is 0 Å². The molecular weight excluding hydrogens is 278 g/mol. The van der Waals surface area contributed by atoms with Gasteiger partial charge in [-0.1, -0.05) is 0 Å². The van der Waals surface area contributed by atoms with E-state index < -0.39 is 0 Å². The van der Waals surface area contributed by atoms with Crippen LogP contribution >= 0.6 is 15.9 Å². The molecular formula is C14H16BrNO. The summed E-state index contributed by atoms with van der Waals surface area (Å²) in [6.07, 6.45) is 2.62. The summed E-state index contributed by atoms with van der Waals surface area (Å²) in [5, 5.41) is 4.73. The normalized spacial score (nSPS) is 15.7. The zero-order valence-corrected chi connectivity index (χ0v) is 11.7. The van der Waals surface area contributed by atoms with Gasteiger partial charge >= 0.3 is 0 Å². The van der Waals surface area contributed by atoms with Crippen molar-refractivity contribution in [1.29, 1.82) is 0 Å². The van der Waals surface area contributed by atoms with Crippen molar-refractivity contribution in [1.82, 2.24) is 5.32 Å². The Labute approximate surface area is 110 Å². The third-order valence-corrected chi connectivity index (χ3v) is 3.95. The monoisotopic (exact) mass is 293 g/mol. The zero-order valence-electron chi connectivity index (χ0n) is 10.1. The van der Waals surface area contributed by atoms with E-state index in [1.807, 2.05) is 0 Å². The van der Waals surface area contributed by atoms with Crippen LogP contribution in [0, 0.1) is 13.8 Å². The first kappa shape index (κ1) is 11.3. The van der Waals surface area contributed by atoms with Crippen LogP contribution in [0.2, 0.25) is 0 Å². The van der Waals surface area contributed by atoms with Crippen LogP contribution in [0.15, 0.2) is 21.0 Å². The molecule has 0 bridgehead atoms. The van der Waals surface area contributed by atoms with E-state index in [0.29, 0.717) is 6.04 Å². The van der Waals surface area contributed by atoms with Crippen molar-refractivity contribution >= 4 is 26.9 Å². The van der Waals surface area contributed by atoms with Gasteiger partial charge in [0.25, 0.3) is 0 Å². The average molecular weight is 294 g/mol. The first-order valence-electron chi connectivity index (χ1n) is 6.06. The number of rotatable bonds is 3. The predicted octanol–water partition coefficient (Wildman–Crippen LogP) is 4.06. The van der Waals surface area contributed by atoms with Crippen LogP contribution in [-0.4, -0.2) is 6.04 Å². The molecule has 1 aliphatic rings. The minimum absolute atomic E-state index is 0.716. The lowest BCUT2D eigenvalue weighted by Gasteiger charge is -1.99. The molecule has 1 aromatic heterocycles. The Bertz CT molecular complexity index is 569. The van der Waals surface area contributed by atoms with Gasteiger partial charge in [0.1, 0.15) is 11.3 Å². The highest BCUT2D eigenvalue weighted by molar-refractivity contribution is 9.10. The van der Waals surface area contributed by atoms with Crippen molar-refractivity contribution < 1.29 is 4.42 Å². The van der Waals surface area contributed by atoms with Gasteiger partial charge in [0.2, 0.25) is 0 Å². The van der Waals surface area contributed by atoms with Gasteiger partial charge in [-0.15, -0.1) is 0 Å². The van der Waals surface area contributed by atoms with Gasteiger partial charge in [-0.3, -0.25) is 0 Å². The predicted molar refractivity (Wildman–Crippen MR) is 73.2 cm³/mol. The lowest BCUT2D eigenvalue weighted by Crippen LogP contribution is -2.15. The Balaban J connectivity index is 2.01. The summed E-state index contributed by atoms with van der Waals surface area (Å²) in [5.74, 6) is 1.07. The SMILES string of the molecule is Cc1cc(Br)c2oc(CNC3CC3)c(C)c2c1. The highest BCUT2D eigenvalue weighted by Crippen LogP contribution is 2.32. The molecule has 2 aromatic rings. The van der Waals surface area contributed by atoms with E-state index in [9.17, 15) is 0 Å². The average Bonchev–Trinajstić information content (AvgIpc) is 3.04. The summed E-state index contributed by atoms with van der Waals surface area (Å²) < 4.78 is 7.00. The number of furan rings is 1. The molecule has 3 rings (SSSR count). The maximum absolute atomic E-state index is 5.95. The number of hydrogen-bond acceptors (Lipinski definition) is 2. The van der Waals surface area contributed by atoms with E-state index in [1.54, 1.807) is 0 Å². The molecule has 0 spiro atoms. The van der Waals surface area contributed by atoms with Gasteiger partial charge in [0, 0.05) is 11.4 Å². The molecule has 0 unspecified atom stereocenters. The molecule has 1 saturated carbocycles. The van der Waals surface area contributed by atoms with E-state index >= 15 is 0 Å². The smallest absolute Gasteiger partial charge is 0.148 e. The van der Waals surface area contributed by atoms with Gasteiger partial charge in [-0.05, 0) is 65.9 Å². The van der Waals surface area contributed by atoms with Gasteiger partial charge in [0.05, 0.1) is 11.0 Å². The molecule has 1 fully saturated rings. The van der Waals surface area contributed by atoms with E-state index in [4.69, 9.17) is 4.42 Å². The molecule has 17 heavy (non-hydrogen) atoms. The van der Waals surface area contributed by atoms with Crippen LogP contribution in [0.3, 0.4) is 0 Å². The maximum Gasteiger partial charge on any atom is 0.148 e. The quantitative estimate of drug-likeness (QED) is 0.923. The van der Waals surface area contributed by atoms with E-state index in [2.05, 4.69) is 47.2 Å². The van der Waals surface area contributed by atoms with Crippen LogP contribution in [0.25, 0.3) is 11.0 Å². The third kappa shape index (κ3) is 2.14. The Morgan fingerprint density at radius 1 is 1.35 bits per heavy atom. The molecule has 2 nitrogen and oxygen atoms in total. The topological polar surface area (TPSA) is 25.2 Å². The summed E-state index contributed by atoms with van der Waals surface area (Å²) in [6, 6.07) is 5.01. The van der Waals surface area contributed by atoms with Gasteiger partial charge in [-0.2, -0.15) is 0 Å². The fraction of sp³-hybridized carbons (Fsp3) is 0.429. The molecule has 0 aliphatic heterocycles. The molecule has 1 heterocycles. The highest BCUT2D eigenvalue weighted by atomic mass is 79.9. The van der Waals surface area contributed by atoms with Crippen molar-refractivity contribution in [3.8, 4) is 0 Å². The molecule has 0 saturated heterocycles. The number of hydrogen-bond donors (Lipinski definition) is 1. The summed E-state index contributed by atoms with van der Waals surface area (Å²) in [7, 11) is 0. The number of halogens is 1. The summed E-state index contributed by atoms with van der Waals surface area (Å²) in [4.78, 5) is 0. The Hall–Kier alpha value is -0.800. The minimum Gasteiger partial charge on any atom is -0.458 e. The second-order valence-electron chi connectivity index (χ2n) is 4.93. The molecule has 1 aliphatic carbocycles. The molecule has 1 N–H and O–H groups in total. The first-order chi connectivity index (χ1) is 8.15. The highest BCUT2D eigenvalue weighted by Gasteiger charge is 2.21. The van der Waals surface area contributed by atoms with Crippen molar-refractivity contribution in [2.75, 3.05) is 0 Å². The van der Waals surface area contributed by atoms with E-state index in [-0.39, 0.29) is 0 Å². The lowest BCUT2D eigenvalue weighted by molar-refractivity contribution is 0.508. The van der Waals surface area contributed by atoms with Crippen molar-refractivity contribution in [3.63, 3.8) is 0 Å². The van der Waals surface area contributed by atoms with Crippen LogP contribution in [-0.2, 0) is 6.54 Å². The van der Waals surface area contributed by atoms with Crippen LogP contribution in [0.5, 0.6) is 0 Å². The largest absolute Gasteiger partial charge is 0.458 e. The van der Waals surface area contributed by atoms with Crippen molar-refractivity contribution in [2.24, 2.45) is 0 Å². The maximum atomic E-state index is 5.95. The third-order valence-electron chi connectivity index (χ3n) is 3.36. The number of aryl methyl sites for hydroxylation is 2. The van der Waals surface area contributed by atoms with Crippen LogP contribution in [0.1, 0.15) is 29.7 Å². The fourth-order valence-electron chi connectivity index (χ4n) is 2.15. The zero-order chi connectivity index (χ0) is 12.0. The molecule has 90 valence electrons. The van der Waals surface area contributed by atoms with Crippen molar-refractivity contribution in [3.05, 3.63) is 33.5 Å². The fourth-order valence-corrected chi connectivity index (χ4v) is 2.81. The second kappa shape index (κ2) is 4.14. The Morgan fingerprint density at radius 2 is 2.12 bits per heavy atom. The van der Waals surface area contributed by atoms with Crippen LogP contribution in [0.4, 0.5) is 0 Å².